The molecule has 0 aromatic heterocycles. The Labute approximate surface area is 516 Å². The molecule has 0 N–H and O–H groups in total. The summed E-state index contributed by atoms with van der Waals surface area (Å²) >= 11 is 8.70. The van der Waals surface area contributed by atoms with Gasteiger partial charge in [0.2, 0.25) is 41.4 Å². The molecule has 482 valence electrons. The predicted molar refractivity (Wildman–Crippen MR) is 330 cm³/mol. The van der Waals surface area contributed by atoms with E-state index in [9.17, 15) is 71.9 Å². The molecule has 0 aromatic carbocycles. The molecule has 0 spiro atoms. The first-order chi connectivity index (χ1) is 40.4. The largest absolute Gasteiger partial charge is 0.342 e. The van der Waals surface area contributed by atoms with Gasteiger partial charge in [0.1, 0.15) is 46.3 Å². The molecule has 0 fully saturated rings. The number of thiol groups is 2. The monoisotopic (exact) mass is 1240 g/mol. The first kappa shape index (κ1) is 79.3. The summed E-state index contributed by atoms with van der Waals surface area (Å²) in [5, 5.41) is -0.989. The molecule has 1 atom stereocenters. The molecular formula is C61H101N7O15S2. The second-order valence-electron chi connectivity index (χ2n) is 20.9. The highest BCUT2D eigenvalue weighted by Crippen LogP contribution is 2.14. The zero-order valence-electron chi connectivity index (χ0n) is 52.4. The number of hydrogen-bond acceptors (Lipinski definition) is 17. The molecule has 0 rings (SSSR count). The van der Waals surface area contributed by atoms with Crippen molar-refractivity contribution in [2.45, 2.75) is 202 Å². The average molecular weight is 1240 g/mol. The van der Waals surface area contributed by atoms with Crippen molar-refractivity contribution < 1.29 is 71.9 Å². The molecule has 24 heteroatoms. The van der Waals surface area contributed by atoms with E-state index in [4.69, 9.17) is 0 Å². The van der Waals surface area contributed by atoms with E-state index in [-0.39, 0.29) is 285 Å². The molecule has 0 aliphatic heterocycles. The maximum Gasteiger partial charge on any atom is 0.236 e. The minimum Gasteiger partial charge on any atom is -0.342 e. The summed E-state index contributed by atoms with van der Waals surface area (Å²) in [6.45, 7) is 12.6. The topological polar surface area (TPSA) is 279 Å². The summed E-state index contributed by atoms with van der Waals surface area (Å²) in [7, 11) is 0. The zero-order valence-corrected chi connectivity index (χ0v) is 54.2. The Bertz CT molecular complexity index is 1890. The zero-order chi connectivity index (χ0) is 64.4. The molecule has 0 aromatic rings. The predicted octanol–water partition coefficient (Wildman–Crippen LogP) is 5.31. The minimum absolute atomic E-state index is 0.0319. The van der Waals surface area contributed by atoms with Crippen LogP contribution >= 0.6 is 25.3 Å². The fourth-order valence-electron chi connectivity index (χ4n) is 8.61. The van der Waals surface area contributed by atoms with E-state index < -0.39 is 46.6 Å². The number of carbonyl (C=O) groups is 15. The molecule has 0 radical (unpaired) electrons. The van der Waals surface area contributed by atoms with Gasteiger partial charge >= 0.3 is 0 Å². The highest BCUT2D eigenvalue weighted by molar-refractivity contribution is 7.85. The Hall–Kier alpha value is -5.65. The van der Waals surface area contributed by atoms with Crippen LogP contribution in [0.25, 0.3) is 0 Å². The van der Waals surface area contributed by atoms with Crippen LogP contribution < -0.4 is 0 Å². The van der Waals surface area contributed by atoms with Crippen LogP contribution in [-0.4, -0.2) is 225 Å². The van der Waals surface area contributed by atoms with Gasteiger partial charge < -0.3 is 34.3 Å². The smallest absolute Gasteiger partial charge is 0.236 e. The van der Waals surface area contributed by atoms with E-state index in [1.54, 1.807) is 55.4 Å². The Morgan fingerprint density at radius 3 is 0.494 bits per heavy atom. The molecule has 0 aliphatic carbocycles. The van der Waals surface area contributed by atoms with Gasteiger partial charge in [0.25, 0.3) is 0 Å². The van der Waals surface area contributed by atoms with Gasteiger partial charge in [-0.1, -0.05) is 55.4 Å². The summed E-state index contributed by atoms with van der Waals surface area (Å²) in [5.41, 5.74) is 0. The first-order valence-corrected chi connectivity index (χ1v) is 31.9. The van der Waals surface area contributed by atoms with Crippen molar-refractivity contribution in [3.63, 3.8) is 0 Å². The lowest BCUT2D eigenvalue weighted by molar-refractivity contribution is -0.138. The first-order valence-electron chi connectivity index (χ1n) is 30.8. The van der Waals surface area contributed by atoms with Crippen LogP contribution in [0.15, 0.2) is 0 Å². The van der Waals surface area contributed by atoms with Gasteiger partial charge in [-0.15, -0.1) is 0 Å². The molecule has 0 saturated heterocycles. The normalized spacial score (nSPS) is 11.2. The van der Waals surface area contributed by atoms with Crippen LogP contribution in [-0.2, 0) is 71.9 Å². The lowest BCUT2D eigenvalue weighted by Gasteiger charge is -2.30. The summed E-state index contributed by atoms with van der Waals surface area (Å²) in [5.74, 6) is -4.25. The molecule has 22 nitrogen and oxygen atoms in total. The fraction of sp³-hybridized carbons (Fsp3) is 0.754. The van der Waals surface area contributed by atoms with Crippen molar-refractivity contribution >= 4 is 113 Å². The SMILES string of the molecule is CCC(=O)CCN(CCC(=O)CC)C(=O)CCN(CCC(=O)N(CCC(=O)CC)CCC(=O)CC)C(=O)CCN(CCC(=O)N(CCC(=O)N(CCC(=O)CC)CCC(=O)CC)CCC(=O)N(CCC(=O)CC)CCC(=O)CC)C(=O)C(S)CS. The van der Waals surface area contributed by atoms with Crippen LogP contribution in [0.2, 0.25) is 0 Å². The Kier molecular flexibility index (Phi) is 43.5. The van der Waals surface area contributed by atoms with Gasteiger partial charge in [0, 0.05) is 239 Å². The van der Waals surface area contributed by atoms with E-state index in [2.05, 4.69) is 25.3 Å². The molecule has 0 saturated carbocycles. The fourth-order valence-corrected chi connectivity index (χ4v) is 8.93. The van der Waals surface area contributed by atoms with Crippen LogP contribution in [0.1, 0.15) is 197 Å². The van der Waals surface area contributed by atoms with Gasteiger partial charge in [0.15, 0.2) is 0 Å². The molecular weight excluding hydrogens is 1130 g/mol. The number of carbonyl (C=O) groups excluding carboxylic acids is 15. The number of hydrogen-bond donors (Lipinski definition) is 2. The minimum atomic E-state index is -0.989. The van der Waals surface area contributed by atoms with E-state index in [1.807, 2.05) is 0 Å². The van der Waals surface area contributed by atoms with E-state index in [0.29, 0.717) is 0 Å². The van der Waals surface area contributed by atoms with E-state index in [0.717, 1.165) is 0 Å². The van der Waals surface area contributed by atoms with Crippen LogP contribution in [0, 0.1) is 0 Å². The maximum atomic E-state index is 14.5. The van der Waals surface area contributed by atoms with Gasteiger partial charge in [-0.3, -0.25) is 71.9 Å². The van der Waals surface area contributed by atoms with Crippen molar-refractivity contribution in [3.05, 3.63) is 0 Å². The third-order valence-electron chi connectivity index (χ3n) is 14.9. The summed E-state index contributed by atoms with van der Waals surface area (Å²) < 4.78 is 0. The van der Waals surface area contributed by atoms with Crippen LogP contribution in [0.3, 0.4) is 0 Å². The second kappa shape index (κ2) is 46.6. The highest BCUT2D eigenvalue weighted by Gasteiger charge is 2.28. The summed E-state index contributed by atoms with van der Waals surface area (Å²) in [4.78, 5) is 207. The Balaban J connectivity index is 7.17. The Morgan fingerprint density at radius 2 is 0.365 bits per heavy atom. The highest BCUT2D eigenvalue weighted by atomic mass is 32.1. The van der Waals surface area contributed by atoms with Crippen molar-refractivity contribution in [3.8, 4) is 0 Å². The number of ketones is 8. The number of Topliss-reactive ketones (excluding diaryl/α,β-unsaturated/α-hetero) is 8. The molecule has 0 bridgehead atoms. The molecule has 0 heterocycles. The van der Waals surface area contributed by atoms with Crippen LogP contribution in [0.5, 0.6) is 0 Å². The van der Waals surface area contributed by atoms with Gasteiger partial charge in [-0.2, -0.15) is 25.3 Å². The lowest BCUT2D eigenvalue weighted by Crippen LogP contribution is -2.45. The summed E-state index contributed by atoms with van der Waals surface area (Å²) in [6, 6.07) is 0. The van der Waals surface area contributed by atoms with E-state index in [1.165, 1.54) is 34.3 Å². The quantitative estimate of drug-likeness (QED) is 0.0731. The van der Waals surface area contributed by atoms with E-state index >= 15 is 0 Å². The lowest BCUT2D eigenvalue weighted by atomic mass is 10.1. The maximum absolute atomic E-state index is 14.5. The van der Waals surface area contributed by atoms with Crippen molar-refractivity contribution in [1.82, 2.24) is 34.3 Å². The second-order valence-corrected chi connectivity index (χ2v) is 21.9. The van der Waals surface area contributed by atoms with Gasteiger partial charge in [0.05, 0.1) is 5.25 Å². The molecule has 85 heavy (non-hydrogen) atoms. The Morgan fingerprint density at radius 1 is 0.235 bits per heavy atom. The molecule has 0 aliphatic rings. The average Bonchev–Trinajstić information content (AvgIpc) is 3.56. The van der Waals surface area contributed by atoms with Gasteiger partial charge in [-0.05, 0) is 0 Å². The third kappa shape index (κ3) is 34.9. The van der Waals surface area contributed by atoms with Gasteiger partial charge in [-0.25, -0.2) is 0 Å². The van der Waals surface area contributed by atoms with Crippen molar-refractivity contribution in [2.75, 3.05) is 97.4 Å². The molecule has 1 unspecified atom stereocenters. The number of nitrogens with zero attached hydrogens (tertiary/aromatic N) is 7. The van der Waals surface area contributed by atoms with Crippen molar-refractivity contribution in [1.29, 1.82) is 0 Å². The van der Waals surface area contributed by atoms with Crippen molar-refractivity contribution in [2.24, 2.45) is 0 Å². The summed E-state index contributed by atoms with van der Waals surface area (Å²) in [6.07, 6.45) is 0.690. The van der Waals surface area contributed by atoms with Crippen LogP contribution in [0.4, 0.5) is 0 Å². The number of rotatable bonds is 52. The standard InChI is InChI=1S/C61H101N7O15S2/c1-9-46(69)17-31-62(32-18-47(70)10-2)55(77)25-39-66(40-26-56(78)63(33-19-48(71)11-3)34-20-49(72)12-4)59(81)29-43-68(61(83)54(85)45-84)44-30-60(82)67(41-27-57(79)64(35-21-50(73)13-5)36-22-51(74)14-6)42-28-58(80)65(37-23-52(75)15-7)38-24-53(76)16-8/h54,84-85H,9-45H2,1-8H3. The molecule has 7 amide bonds. The third-order valence-corrected chi connectivity index (χ3v) is 16.0. The number of amides is 7.